The molecule has 0 spiro atoms. The molecule has 1 fully saturated rings. The van der Waals surface area contributed by atoms with E-state index in [1.165, 1.54) is 6.07 Å². The average Bonchev–Trinajstić information content (AvgIpc) is 2.39. The molecular weight excluding hydrogens is 229 g/mol. The molecule has 0 radical (unpaired) electrons. The van der Waals surface area contributed by atoms with Gasteiger partial charge in [0.25, 0.3) is 0 Å². The van der Waals surface area contributed by atoms with Gasteiger partial charge < -0.3 is 10.4 Å². The summed E-state index contributed by atoms with van der Waals surface area (Å²) in [5, 5.41) is 13.8. The van der Waals surface area contributed by atoms with Crippen LogP contribution in [-0.2, 0) is 0 Å². The Morgan fingerprint density at radius 1 is 1.39 bits per heavy atom. The quantitative estimate of drug-likeness (QED) is 0.861. The second-order valence-corrected chi connectivity index (χ2v) is 5.16. The number of aliphatic hydroxyl groups excluding tert-OH is 1. The molecule has 100 valence electrons. The van der Waals surface area contributed by atoms with E-state index in [-0.39, 0.29) is 11.9 Å². The van der Waals surface area contributed by atoms with Gasteiger partial charge in [-0.05, 0) is 25.3 Å². The molecule has 0 saturated carbocycles. The van der Waals surface area contributed by atoms with Gasteiger partial charge in [0.2, 0.25) is 0 Å². The Labute approximate surface area is 108 Å². The number of benzene rings is 1. The molecule has 1 aliphatic rings. The van der Waals surface area contributed by atoms with Gasteiger partial charge in [0.1, 0.15) is 5.82 Å². The third-order valence-electron chi connectivity index (χ3n) is 3.76. The fourth-order valence-electron chi connectivity index (χ4n) is 2.81. The third kappa shape index (κ3) is 3.09. The fourth-order valence-corrected chi connectivity index (χ4v) is 2.81. The molecule has 18 heavy (non-hydrogen) atoms. The molecule has 1 aromatic rings. The zero-order valence-corrected chi connectivity index (χ0v) is 10.9. The van der Waals surface area contributed by atoms with Crippen LogP contribution in [0.25, 0.3) is 0 Å². The lowest BCUT2D eigenvalue weighted by Gasteiger charge is -2.34. The van der Waals surface area contributed by atoms with E-state index in [1.807, 2.05) is 0 Å². The molecule has 0 aliphatic carbocycles. The largest absolute Gasteiger partial charge is 0.387 e. The maximum atomic E-state index is 13.7. The van der Waals surface area contributed by atoms with Gasteiger partial charge in [0.15, 0.2) is 0 Å². The van der Waals surface area contributed by atoms with Gasteiger partial charge in [-0.25, -0.2) is 4.39 Å². The standard InChI is InChI=1S/C15H22FNO/c1-2-6-11-7-5-10-14(17-11)15(18)12-8-3-4-9-13(12)16/h3-4,8-9,11,14-15,17-18H,2,5-7,10H2,1H3/t11-,14-,15+/m1/s1. The first-order chi connectivity index (χ1) is 8.72. The van der Waals surface area contributed by atoms with Crippen molar-refractivity contribution >= 4 is 0 Å². The Morgan fingerprint density at radius 2 is 2.17 bits per heavy atom. The van der Waals surface area contributed by atoms with Gasteiger partial charge in [-0.3, -0.25) is 0 Å². The molecule has 3 heteroatoms. The summed E-state index contributed by atoms with van der Waals surface area (Å²) in [5.41, 5.74) is 0.409. The second-order valence-electron chi connectivity index (χ2n) is 5.16. The maximum absolute atomic E-state index is 13.7. The number of nitrogens with one attached hydrogen (secondary N) is 1. The highest BCUT2D eigenvalue weighted by atomic mass is 19.1. The third-order valence-corrected chi connectivity index (χ3v) is 3.76. The van der Waals surface area contributed by atoms with E-state index in [1.54, 1.807) is 18.2 Å². The molecule has 1 saturated heterocycles. The van der Waals surface area contributed by atoms with Crippen LogP contribution >= 0.6 is 0 Å². The highest BCUT2D eigenvalue weighted by Gasteiger charge is 2.28. The van der Waals surface area contributed by atoms with Crippen molar-refractivity contribution in [3.05, 3.63) is 35.6 Å². The molecule has 2 N–H and O–H groups in total. The predicted molar refractivity (Wildman–Crippen MR) is 70.8 cm³/mol. The van der Waals surface area contributed by atoms with Crippen molar-refractivity contribution in [3.8, 4) is 0 Å². The smallest absolute Gasteiger partial charge is 0.129 e. The van der Waals surface area contributed by atoms with Crippen molar-refractivity contribution in [2.45, 2.75) is 57.2 Å². The van der Waals surface area contributed by atoms with E-state index in [2.05, 4.69) is 12.2 Å². The molecule has 1 aliphatic heterocycles. The zero-order valence-electron chi connectivity index (χ0n) is 10.9. The lowest BCUT2D eigenvalue weighted by molar-refractivity contribution is 0.0966. The maximum Gasteiger partial charge on any atom is 0.129 e. The van der Waals surface area contributed by atoms with Crippen LogP contribution in [0.5, 0.6) is 0 Å². The minimum atomic E-state index is -0.745. The van der Waals surface area contributed by atoms with Gasteiger partial charge in [0.05, 0.1) is 6.10 Å². The van der Waals surface area contributed by atoms with Crippen LogP contribution in [0.15, 0.2) is 24.3 Å². The van der Waals surface area contributed by atoms with Crippen molar-refractivity contribution in [2.24, 2.45) is 0 Å². The number of hydrogen-bond donors (Lipinski definition) is 2. The van der Waals surface area contributed by atoms with Gasteiger partial charge in [-0.15, -0.1) is 0 Å². The second kappa shape index (κ2) is 6.30. The Kier molecular flexibility index (Phi) is 4.72. The molecule has 0 unspecified atom stereocenters. The first kappa shape index (κ1) is 13.5. The Balaban J connectivity index is 2.04. The average molecular weight is 251 g/mol. The number of piperidine rings is 1. The summed E-state index contributed by atoms with van der Waals surface area (Å²) in [6.45, 7) is 2.17. The molecule has 0 bridgehead atoms. The molecular formula is C15H22FNO. The normalized spacial score (nSPS) is 25.9. The van der Waals surface area contributed by atoms with E-state index in [4.69, 9.17) is 0 Å². The molecule has 1 aromatic carbocycles. The topological polar surface area (TPSA) is 32.3 Å². The van der Waals surface area contributed by atoms with E-state index in [0.717, 1.165) is 32.1 Å². The first-order valence-electron chi connectivity index (χ1n) is 6.91. The highest BCUT2D eigenvalue weighted by Crippen LogP contribution is 2.27. The van der Waals surface area contributed by atoms with E-state index in [0.29, 0.717) is 11.6 Å². The van der Waals surface area contributed by atoms with Gasteiger partial charge >= 0.3 is 0 Å². The molecule has 2 rings (SSSR count). The Hall–Kier alpha value is -0.930. The molecule has 0 amide bonds. The van der Waals surface area contributed by atoms with Crippen LogP contribution in [-0.4, -0.2) is 17.2 Å². The predicted octanol–water partition coefficient (Wildman–Crippen LogP) is 3.17. The lowest BCUT2D eigenvalue weighted by atomic mass is 9.90. The Bertz CT molecular complexity index is 381. The number of hydrogen-bond acceptors (Lipinski definition) is 2. The van der Waals surface area contributed by atoms with Crippen LogP contribution in [0, 0.1) is 5.82 Å². The summed E-state index contributed by atoms with van der Waals surface area (Å²) in [6.07, 6.45) is 4.70. The van der Waals surface area contributed by atoms with Crippen molar-refractivity contribution in [2.75, 3.05) is 0 Å². The van der Waals surface area contributed by atoms with E-state index in [9.17, 15) is 9.50 Å². The number of rotatable bonds is 4. The molecule has 3 atom stereocenters. The van der Waals surface area contributed by atoms with Crippen molar-refractivity contribution < 1.29 is 9.50 Å². The van der Waals surface area contributed by atoms with Crippen LogP contribution in [0.4, 0.5) is 4.39 Å². The van der Waals surface area contributed by atoms with Crippen molar-refractivity contribution in [1.29, 1.82) is 0 Å². The summed E-state index contributed by atoms with van der Waals surface area (Å²) in [4.78, 5) is 0. The molecule has 2 nitrogen and oxygen atoms in total. The molecule has 1 heterocycles. The number of halogens is 1. The van der Waals surface area contributed by atoms with Crippen molar-refractivity contribution in [1.82, 2.24) is 5.32 Å². The Morgan fingerprint density at radius 3 is 2.89 bits per heavy atom. The SMILES string of the molecule is CCC[C@@H]1CCC[C@H]([C@@H](O)c2ccccc2F)N1. The van der Waals surface area contributed by atoms with Crippen LogP contribution in [0.3, 0.4) is 0 Å². The van der Waals surface area contributed by atoms with Crippen LogP contribution in [0.2, 0.25) is 0 Å². The van der Waals surface area contributed by atoms with Crippen LogP contribution in [0.1, 0.15) is 50.7 Å². The first-order valence-corrected chi connectivity index (χ1v) is 6.91. The summed E-state index contributed by atoms with van der Waals surface area (Å²) in [5.74, 6) is -0.315. The minimum Gasteiger partial charge on any atom is -0.387 e. The fraction of sp³-hybridized carbons (Fsp3) is 0.600. The van der Waals surface area contributed by atoms with Gasteiger partial charge in [0, 0.05) is 17.6 Å². The summed E-state index contributed by atoms with van der Waals surface area (Å²) in [7, 11) is 0. The summed E-state index contributed by atoms with van der Waals surface area (Å²) in [6, 6.07) is 6.95. The van der Waals surface area contributed by atoms with Crippen LogP contribution < -0.4 is 5.32 Å². The van der Waals surface area contributed by atoms with E-state index >= 15 is 0 Å². The highest BCUT2D eigenvalue weighted by molar-refractivity contribution is 5.21. The van der Waals surface area contributed by atoms with Gasteiger partial charge in [-0.1, -0.05) is 38.0 Å². The molecule has 0 aromatic heterocycles. The van der Waals surface area contributed by atoms with E-state index < -0.39 is 6.10 Å². The lowest BCUT2D eigenvalue weighted by Crippen LogP contribution is -2.45. The monoisotopic (exact) mass is 251 g/mol. The van der Waals surface area contributed by atoms with Gasteiger partial charge in [-0.2, -0.15) is 0 Å². The number of aliphatic hydroxyl groups is 1. The van der Waals surface area contributed by atoms with Crippen molar-refractivity contribution in [3.63, 3.8) is 0 Å². The zero-order chi connectivity index (χ0) is 13.0. The summed E-state index contributed by atoms with van der Waals surface area (Å²) >= 11 is 0. The summed E-state index contributed by atoms with van der Waals surface area (Å²) < 4.78 is 13.7. The minimum absolute atomic E-state index is 0.0211.